The summed E-state index contributed by atoms with van der Waals surface area (Å²) in [7, 11) is 0. The maximum atomic E-state index is 13.4. The van der Waals surface area contributed by atoms with Crippen LogP contribution in [0.25, 0.3) is 0 Å². The molecule has 0 aliphatic heterocycles. The summed E-state index contributed by atoms with van der Waals surface area (Å²) in [5.41, 5.74) is 4.81. The Morgan fingerprint density at radius 3 is 1.88 bits per heavy atom. The number of halogens is 4. The van der Waals surface area contributed by atoms with Crippen molar-refractivity contribution < 1.29 is 13.2 Å². The Morgan fingerprint density at radius 2 is 1.44 bits per heavy atom. The molecule has 2 N–H and O–H groups in total. The summed E-state index contributed by atoms with van der Waals surface area (Å²) in [6.07, 6.45) is 2.80. The van der Waals surface area contributed by atoms with Crippen LogP contribution in [0.3, 0.4) is 0 Å². The fraction of sp³-hybridized carbons (Fsp3) is 0.455. The van der Waals surface area contributed by atoms with Crippen LogP contribution in [0.4, 0.5) is 13.2 Å². The predicted octanol–water partition coefficient (Wildman–Crippen LogP) is 3.25. The Bertz CT molecular complexity index is 366. The molecule has 0 heterocycles. The first-order chi connectivity index (χ1) is 7.03. The normalized spacial score (nSPS) is 18.2. The monoisotopic (exact) mass is 251 g/mol. The van der Waals surface area contributed by atoms with Gasteiger partial charge in [0.25, 0.3) is 0 Å². The summed E-state index contributed by atoms with van der Waals surface area (Å²) >= 11 is 0. The molecule has 0 bridgehead atoms. The molecule has 0 radical (unpaired) electrons. The van der Waals surface area contributed by atoms with Crippen molar-refractivity contribution in [3.63, 3.8) is 0 Å². The van der Waals surface area contributed by atoms with Crippen LogP contribution in [0.2, 0.25) is 0 Å². The van der Waals surface area contributed by atoms with Crippen molar-refractivity contribution in [3.05, 3.63) is 35.1 Å². The van der Waals surface area contributed by atoms with E-state index in [1.807, 2.05) is 0 Å². The second kappa shape index (κ2) is 4.63. The third-order valence-electron chi connectivity index (χ3n) is 3.00. The van der Waals surface area contributed by atoms with E-state index in [1.54, 1.807) is 0 Å². The quantitative estimate of drug-likeness (QED) is 0.815. The molecule has 2 rings (SSSR count). The second-order valence-corrected chi connectivity index (χ2v) is 4.11. The van der Waals surface area contributed by atoms with Gasteiger partial charge < -0.3 is 5.73 Å². The molecule has 90 valence electrons. The second-order valence-electron chi connectivity index (χ2n) is 4.11. The molecule has 1 saturated carbocycles. The van der Waals surface area contributed by atoms with E-state index in [4.69, 9.17) is 5.73 Å². The summed E-state index contributed by atoms with van der Waals surface area (Å²) in [5, 5.41) is 0. The van der Waals surface area contributed by atoms with Crippen molar-refractivity contribution in [3.8, 4) is 0 Å². The van der Waals surface area contributed by atoms with Gasteiger partial charge in [-0.1, -0.05) is 12.8 Å². The lowest BCUT2D eigenvalue weighted by Crippen LogP contribution is -2.35. The fourth-order valence-corrected chi connectivity index (χ4v) is 2.27. The molecule has 1 nitrogen and oxygen atoms in total. The van der Waals surface area contributed by atoms with Gasteiger partial charge in [-0.15, -0.1) is 12.4 Å². The lowest BCUT2D eigenvalue weighted by molar-refractivity contribution is 0.400. The first-order valence-electron chi connectivity index (χ1n) is 4.97. The molecule has 1 fully saturated rings. The van der Waals surface area contributed by atoms with Crippen LogP contribution in [0.1, 0.15) is 31.2 Å². The molecule has 1 aliphatic carbocycles. The largest absolute Gasteiger partial charge is 0.321 e. The maximum Gasteiger partial charge on any atom is 0.134 e. The Hall–Kier alpha value is -0.740. The van der Waals surface area contributed by atoms with Gasteiger partial charge in [-0.2, -0.15) is 0 Å². The van der Waals surface area contributed by atoms with Crippen molar-refractivity contribution in [1.29, 1.82) is 0 Å². The fourth-order valence-electron chi connectivity index (χ4n) is 2.27. The molecule has 1 aromatic carbocycles. The Labute approximate surface area is 98.2 Å². The minimum Gasteiger partial charge on any atom is -0.321 e. The smallest absolute Gasteiger partial charge is 0.134 e. The van der Waals surface area contributed by atoms with Crippen molar-refractivity contribution in [1.82, 2.24) is 0 Å². The predicted molar refractivity (Wildman–Crippen MR) is 57.9 cm³/mol. The average Bonchev–Trinajstić information content (AvgIpc) is 2.50. The van der Waals surface area contributed by atoms with E-state index in [2.05, 4.69) is 0 Å². The van der Waals surface area contributed by atoms with Crippen LogP contribution in [-0.2, 0) is 5.54 Å². The first-order valence-corrected chi connectivity index (χ1v) is 4.97. The van der Waals surface area contributed by atoms with E-state index in [9.17, 15) is 13.2 Å². The zero-order valence-electron chi connectivity index (χ0n) is 8.60. The van der Waals surface area contributed by atoms with Crippen LogP contribution in [0.5, 0.6) is 0 Å². The lowest BCUT2D eigenvalue weighted by Gasteiger charge is -2.25. The molecule has 0 amide bonds. The van der Waals surface area contributed by atoms with Gasteiger partial charge in [0.2, 0.25) is 0 Å². The van der Waals surface area contributed by atoms with Gasteiger partial charge >= 0.3 is 0 Å². The Balaban J connectivity index is 0.00000128. The van der Waals surface area contributed by atoms with E-state index >= 15 is 0 Å². The van der Waals surface area contributed by atoms with Crippen molar-refractivity contribution in [2.45, 2.75) is 31.2 Å². The number of hydrogen-bond donors (Lipinski definition) is 1. The molecule has 16 heavy (non-hydrogen) atoms. The highest BCUT2D eigenvalue weighted by Crippen LogP contribution is 2.38. The molecule has 1 aromatic rings. The van der Waals surface area contributed by atoms with Crippen LogP contribution in [0, 0.1) is 17.5 Å². The van der Waals surface area contributed by atoms with Gasteiger partial charge in [-0.3, -0.25) is 0 Å². The lowest BCUT2D eigenvalue weighted by atomic mass is 9.88. The molecular weight excluding hydrogens is 239 g/mol. The molecule has 5 heteroatoms. The van der Waals surface area contributed by atoms with Gasteiger partial charge in [0, 0.05) is 23.2 Å². The Kier molecular flexibility index (Phi) is 3.86. The van der Waals surface area contributed by atoms with E-state index in [1.165, 1.54) is 0 Å². The van der Waals surface area contributed by atoms with Crippen molar-refractivity contribution in [2.75, 3.05) is 0 Å². The molecule has 1 aliphatic rings. The summed E-state index contributed by atoms with van der Waals surface area (Å²) < 4.78 is 39.6. The molecule has 0 saturated heterocycles. The highest BCUT2D eigenvalue weighted by atomic mass is 35.5. The average molecular weight is 252 g/mol. The summed E-state index contributed by atoms with van der Waals surface area (Å²) in [6, 6.07) is 1.37. The standard InChI is InChI=1S/C11H12F3N.ClH/c12-7-5-8(13)10(9(14)6-7)11(15)3-1-2-4-11;/h5-6H,1-4,15H2;1H. The topological polar surface area (TPSA) is 26.0 Å². The Morgan fingerprint density at radius 1 is 1.00 bits per heavy atom. The van der Waals surface area contributed by atoms with Crippen LogP contribution >= 0.6 is 12.4 Å². The van der Waals surface area contributed by atoms with E-state index in [0.717, 1.165) is 12.8 Å². The number of benzene rings is 1. The SMILES string of the molecule is Cl.NC1(c2c(F)cc(F)cc2F)CCCC1. The van der Waals surface area contributed by atoms with E-state index < -0.39 is 23.0 Å². The van der Waals surface area contributed by atoms with Crippen LogP contribution in [-0.4, -0.2) is 0 Å². The van der Waals surface area contributed by atoms with Gasteiger partial charge in [0.15, 0.2) is 0 Å². The summed E-state index contributed by atoms with van der Waals surface area (Å²) in [5.74, 6) is -2.66. The van der Waals surface area contributed by atoms with Crippen molar-refractivity contribution in [2.24, 2.45) is 5.73 Å². The highest BCUT2D eigenvalue weighted by Gasteiger charge is 2.36. The third-order valence-corrected chi connectivity index (χ3v) is 3.00. The summed E-state index contributed by atoms with van der Waals surface area (Å²) in [6.45, 7) is 0. The molecule has 0 unspecified atom stereocenters. The van der Waals surface area contributed by atoms with E-state index in [-0.39, 0.29) is 18.0 Å². The zero-order valence-corrected chi connectivity index (χ0v) is 9.42. The highest BCUT2D eigenvalue weighted by molar-refractivity contribution is 5.85. The number of nitrogens with two attached hydrogens (primary N) is 1. The number of rotatable bonds is 1. The van der Waals surface area contributed by atoms with Gasteiger partial charge in [-0.05, 0) is 12.8 Å². The minimum absolute atomic E-state index is 0. The van der Waals surface area contributed by atoms with Gasteiger partial charge in [-0.25, -0.2) is 13.2 Å². The van der Waals surface area contributed by atoms with Crippen LogP contribution in [0.15, 0.2) is 12.1 Å². The van der Waals surface area contributed by atoms with Crippen molar-refractivity contribution >= 4 is 12.4 Å². The maximum absolute atomic E-state index is 13.4. The van der Waals surface area contributed by atoms with Gasteiger partial charge in [0.05, 0.1) is 0 Å². The molecule has 0 aromatic heterocycles. The summed E-state index contributed by atoms with van der Waals surface area (Å²) in [4.78, 5) is 0. The number of hydrogen-bond acceptors (Lipinski definition) is 1. The third kappa shape index (κ3) is 2.18. The molecular formula is C11H13ClF3N. The first kappa shape index (κ1) is 13.3. The molecule has 0 atom stereocenters. The zero-order chi connectivity index (χ0) is 11.1. The van der Waals surface area contributed by atoms with Gasteiger partial charge in [0.1, 0.15) is 17.5 Å². The molecule has 0 spiro atoms. The minimum atomic E-state index is -0.956. The van der Waals surface area contributed by atoms with E-state index in [0.29, 0.717) is 25.0 Å². The van der Waals surface area contributed by atoms with Crippen LogP contribution < -0.4 is 5.73 Å².